The highest BCUT2D eigenvalue weighted by Gasteiger charge is 2.27. The molecule has 1 fully saturated rings. The zero-order valence-corrected chi connectivity index (χ0v) is 20.4. The summed E-state index contributed by atoms with van der Waals surface area (Å²) in [4.78, 5) is 30.0. The summed E-state index contributed by atoms with van der Waals surface area (Å²) in [6, 6.07) is 18.5. The Morgan fingerprint density at radius 2 is 1.54 bits per heavy atom. The van der Waals surface area contributed by atoms with Crippen LogP contribution in [-0.4, -0.2) is 41.6 Å². The number of piperazine rings is 1. The van der Waals surface area contributed by atoms with Gasteiger partial charge in [-0.15, -0.1) is 0 Å². The van der Waals surface area contributed by atoms with E-state index in [1.807, 2.05) is 4.90 Å². The van der Waals surface area contributed by atoms with E-state index in [2.05, 4.69) is 6.07 Å². The summed E-state index contributed by atoms with van der Waals surface area (Å²) < 4.78 is 28.1. The average Bonchev–Trinajstić information content (AvgIpc) is 2.91. The Hall–Kier alpha value is -4.22. The number of carbonyl (C=O) groups excluding carboxylic acids is 1. The van der Waals surface area contributed by atoms with Crippen LogP contribution in [0.2, 0.25) is 5.02 Å². The van der Waals surface area contributed by atoms with Crippen LogP contribution in [0.4, 0.5) is 14.5 Å². The summed E-state index contributed by atoms with van der Waals surface area (Å²) >= 11 is 6.33. The van der Waals surface area contributed by atoms with Gasteiger partial charge in [-0.3, -0.25) is 9.59 Å². The maximum atomic E-state index is 13.5. The molecule has 2 heterocycles. The Labute approximate surface area is 216 Å². The normalized spacial score (nSPS) is 13.6. The molecule has 186 valence electrons. The molecule has 0 N–H and O–H groups in total. The molecule has 0 bridgehead atoms. The lowest BCUT2D eigenvalue weighted by atomic mass is 10.1. The van der Waals surface area contributed by atoms with E-state index in [0.29, 0.717) is 58.9 Å². The van der Waals surface area contributed by atoms with Crippen molar-refractivity contribution >= 4 is 34.1 Å². The molecule has 5 rings (SSSR count). The molecule has 1 saturated heterocycles. The minimum absolute atomic E-state index is 0.0183. The van der Waals surface area contributed by atoms with Gasteiger partial charge in [0, 0.05) is 42.2 Å². The molecule has 9 heteroatoms. The second-order valence-corrected chi connectivity index (χ2v) is 9.24. The number of carbonyl (C=O) groups is 1. The fourth-order valence-corrected chi connectivity index (χ4v) is 4.85. The van der Waals surface area contributed by atoms with Gasteiger partial charge in [-0.25, -0.2) is 8.78 Å². The Bertz CT molecular complexity index is 1590. The van der Waals surface area contributed by atoms with E-state index in [4.69, 9.17) is 11.6 Å². The second kappa shape index (κ2) is 10.0. The third-order valence-corrected chi connectivity index (χ3v) is 6.78. The highest BCUT2D eigenvalue weighted by Crippen LogP contribution is 2.32. The molecule has 1 aliphatic rings. The number of rotatable bonds is 4. The van der Waals surface area contributed by atoms with Crippen LogP contribution in [0.3, 0.4) is 0 Å². The van der Waals surface area contributed by atoms with E-state index in [9.17, 15) is 23.6 Å². The Morgan fingerprint density at radius 1 is 0.919 bits per heavy atom. The van der Waals surface area contributed by atoms with Gasteiger partial charge in [-0.2, -0.15) is 5.26 Å². The summed E-state index contributed by atoms with van der Waals surface area (Å²) in [7, 11) is 0. The zero-order chi connectivity index (χ0) is 26.1. The van der Waals surface area contributed by atoms with Crippen molar-refractivity contribution in [3.05, 3.63) is 110 Å². The van der Waals surface area contributed by atoms with E-state index in [0.717, 1.165) is 0 Å². The highest BCUT2D eigenvalue weighted by molar-refractivity contribution is 6.31. The van der Waals surface area contributed by atoms with E-state index in [-0.39, 0.29) is 23.8 Å². The number of hydrogen-bond acceptors (Lipinski definition) is 4. The first-order chi connectivity index (χ1) is 17.9. The van der Waals surface area contributed by atoms with Crippen LogP contribution >= 0.6 is 11.6 Å². The quantitative estimate of drug-likeness (QED) is 0.388. The molecule has 0 unspecified atom stereocenters. The van der Waals surface area contributed by atoms with Gasteiger partial charge in [0.2, 0.25) is 0 Å². The average molecular weight is 519 g/mol. The zero-order valence-electron chi connectivity index (χ0n) is 19.6. The number of nitriles is 1. The molecule has 1 aromatic heterocycles. The molecule has 0 spiro atoms. The van der Waals surface area contributed by atoms with Crippen molar-refractivity contribution in [3.8, 4) is 6.07 Å². The fourth-order valence-electron chi connectivity index (χ4n) is 4.68. The molecule has 0 radical (unpaired) electrons. The Balaban J connectivity index is 1.51. The van der Waals surface area contributed by atoms with E-state index in [1.54, 1.807) is 35.2 Å². The largest absolute Gasteiger partial charge is 0.366 e. The number of amides is 1. The standard InChI is InChI=1S/C28H21ClF2N4O2/c29-20-5-10-25-23(15-20)26(24(16-32)28(37)35(25)17-18-1-6-21(30)7-2-18)33-11-13-34(14-12-33)27(36)19-3-8-22(31)9-4-19/h1-10,15H,11-14,17H2. The first kappa shape index (κ1) is 24.5. The van der Waals surface area contributed by atoms with Gasteiger partial charge in [0.05, 0.1) is 17.7 Å². The van der Waals surface area contributed by atoms with Gasteiger partial charge in [0.25, 0.3) is 11.5 Å². The van der Waals surface area contributed by atoms with E-state index < -0.39 is 11.4 Å². The van der Waals surface area contributed by atoms with Crippen molar-refractivity contribution in [2.24, 2.45) is 0 Å². The predicted molar refractivity (Wildman–Crippen MR) is 138 cm³/mol. The maximum Gasteiger partial charge on any atom is 0.271 e. The summed E-state index contributed by atoms with van der Waals surface area (Å²) in [6.07, 6.45) is 0. The molecule has 0 aliphatic carbocycles. The van der Waals surface area contributed by atoms with Crippen molar-refractivity contribution in [3.63, 3.8) is 0 Å². The number of hydrogen-bond donors (Lipinski definition) is 0. The second-order valence-electron chi connectivity index (χ2n) is 8.80. The fraction of sp³-hybridized carbons (Fsp3) is 0.179. The minimum Gasteiger partial charge on any atom is -0.366 e. The van der Waals surface area contributed by atoms with Gasteiger partial charge >= 0.3 is 0 Å². The summed E-state index contributed by atoms with van der Waals surface area (Å²) in [5, 5.41) is 11.1. The smallest absolute Gasteiger partial charge is 0.271 e. The summed E-state index contributed by atoms with van der Waals surface area (Å²) in [6.45, 7) is 1.67. The third-order valence-electron chi connectivity index (χ3n) is 6.54. The molecular weight excluding hydrogens is 498 g/mol. The lowest BCUT2D eigenvalue weighted by Crippen LogP contribution is -2.49. The van der Waals surface area contributed by atoms with Gasteiger partial charge in [-0.1, -0.05) is 23.7 Å². The van der Waals surface area contributed by atoms with Crippen LogP contribution in [0.5, 0.6) is 0 Å². The predicted octanol–water partition coefficient (Wildman–Crippen LogP) is 4.82. The van der Waals surface area contributed by atoms with Crippen molar-refractivity contribution < 1.29 is 13.6 Å². The molecule has 1 aliphatic heterocycles. The lowest BCUT2D eigenvalue weighted by molar-refractivity contribution is 0.0747. The van der Waals surface area contributed by atoms with Crippen LogP contribution in [0.1, 0.15) is 21.5 Å². The topological polar surface area (TPSA) is 69.3 Å². The number of aromatic nitrogens is 1. The molecule has 4 aromatic rings. The number of anilines is 1. The first-order valence-electron chi connectivity index (χ1n) is 11.7. The van der Waals surface area contributed by atoms with Crippen LogP contribution in [0.25, 0.3) is 10.9 Å². The molecule has 6 nitrogen and oxygen atoms in total. The number of nitrogens with zero attached hydrogens (tertiary/aromatic N) is 4. The minimum atomic E-state index is -0.457. The molecule has 0 saturated carbocycles. The SMILES string of the molecule is N#Cc1c(N2CCN(C(=O)c3ccc(F)cc3)CC2)c2cc(Cl)ccc2n(Cc2ccc(F)cc2)c1=O. The van der Waals surface area contributed by atoms with Gasteiger partial charge < -0.3 is 14.4 Å². The van der Waals surface area contributed by atoms with Gasteiger partial charge in [0.15, 0.2) is 0 Å². The third kappa shape index (κ3) is 4.78. The van der Waals surface area contributed by atoms with Gasteiger partial charge in [0.1, 0.15) is 23.3 Å². The molecule has 37 heavy (non-hydrogen) atoms. The lowest BCUT2D eigenvalue weighted by Gasteiger charge is -2.37. The van der Waals surface area contributed by atoms with Crippen LogP contribution in [0.15, 0.2) is 71.5 Å². The van der Waals surface area contributed by atoms with Crippen molar-refractivity contribution in [1.82, 2.24) is 9.47 Å². The summed E-state index contributed by atoms with van der Waals surface area (Å²) in [5.74, 6) is -0.995. The number of fused-ring (bicyclic) bond motifs is 1. The van der Waals surface area contributed by atoms with Crippen molar-refractivity contribution in [1.29, 1.82) is 5.26 Å². The van der Waals surface area contributed by atoms with E-state index in [1.165, 1.54) is 41.0 Å². The van der Waals surface area contributed by atoms with Gasteiger partial charge in [-0.05, 0) is 60.2 Å². The number of halogens is 3. The van der Waals surface area contributed by atoms with Crippen LogP contribution < -0.4 is 10.5 Å². The molecule has 1 amide bonds. The number of pyridine rings is 1. The number of benzene rings is 3. The highest BCUT2D eigenvalue weighted by atomic mass is 35.5. The maximum absolute atomic E-state index is 13.5. The van der Waals surface area contributed by atoms with Crippen LogP contribution in [0, 0.1) is 23.0 Å². The Kier molecular flexibility index (Phi) is 6.64. The van der Waals surface area contributed by atoms with Crippen molar-refractivity contribution in [2.75, 3.05) is 31.1 Å². The Morgan fingerprint density at radius 3 is 2.16 bits per heavy atom. The molecular formula is C28H21ClF2N4O2. The van der Waals surface area contributed by atoms with Crippen molar-refractivity contribution in [2.45, 2.75) is 6.54 Å². The monoisotopic (exact) mass is 518 g/mol. The molecule has 0 atom stereocenters. The summed E-state index contributed by atoms with van der Waals surface area (Å²) in [5.41, 5.74) is 1.71. The first-order valence-corrected chi connectivity index (χ1v) is 12.0. The molecule has 3 aromatic carbocycles. The van der Waals surface area contributed by atoms with Crippen LogP contribution in [-0.2, 0) is 6.54 Å². The van der Waals surface area contributed by atoms with E-state index >= 15 is 0 Å².